The third-order valence-corrected chi connectivity index (χ3v) is 3.08. The third kappa shape index (κ3) is 2.62. The van der Waals surface area contributed by atoms with Gasteiger partial charge in [0, 0.05) is 22.8 Å². The Hall–Kier alpha value is -2.42. The summed E-state index contributed by atoms with van der Waals surface area (Å²) >= 11 is 0. The maximum absolute atomic E-state index is 5.82. The van der Waals surface area contributed by atoms with E-state index in [1.807, 2.05) is 44.3 Å². The van der Waals surface area contributed by atoms with Crippen LogP contribution in [0.4, 0.5) is 11.4 Å². The Balaban J connectivity index is 1.90. The van der Waals surface area contributed by atoms with Crippen LogP contribution < -0.4 is 10.1 Å². The summed E-state index contributed by atoms with van der Waals surface area (Å²) in [6, 6.07) is 16.3. The van der Waals surface area contributed by atoms with Gasteiger partial charge in [0.2, 0.25) is 0 Å². The van der Waals surface area contributed by atoms with Crippen LogP contribution >= 0.6 is 0 Å². The summed E-state index contributed by atoms with van der Waals surface area (Å²) in [5.74, 6) is 0.872. The second-order valence-electron chi connectivity index (χ2n) is 5.07. The summed E-state index contributed by atoms with van der Waals surface area (Å²) in [5.41, 5.74) is 3.18. The predicted molar refractivity (Wildman–Crippen MR) is 83.8 cm³/mol. The highest BCUT2D eigenvalue weighted by Gasteiger charge is 2.05. The van der Waals surface area contributed by atoms with E-state index in [4.69, 9.17) is 4.74 Å². The molecule has 0 aliphatic heterocycles. The lowest BCUT2D eigenvalue weighted by atomic mass is 10.2. The Labute approximate surface area is 118 Å². The zero-order valence-electron chi connectivity index (χ0n) is 11.7. The molecule has 0 bridgehead atoms. The predicted octanol–water partition coefficient (Wildman–Crippen LogP) is 4.70. The van der Waals surface area contributed by atoms with Crippen LogP contribution in [0.3, 0.4) is 0 Å². The first kappa shape index (κ1) is 12.6. The average molecular weight is 266 g/mol. The van der Waals surface area contributed by atoms with Gasteiger partial charge in [0.25, 0.3) is 0 Å². The molecular weight excluding hydrogens is 248 g/mol. The van der Waals surface area contributed by atoms with E-state index >= 15 is 0 Å². The topological polar surface area (TPSA) is 37.0 Å². The van der Waals surface area contributed by atoms with Crippen molar-refractivity contribution >= 4 is 22.3 Å². The molecule has 0 aliphatic carbocycles. The van der Waals surface area contributed by atoms with Gasteiger partial charge in [-0.1, -0.05) is 12.1 Å². The molecule has 0 saturated heterocycles. The number of para-hydroxylation sites is 2. The molecule has 3 nitrogen and oxygen atoms in total. The van der Waals surface area contributed by atoms with Crippen molar-refractivity contribution in [3.63, 3.8) is 0 Å². The van der Waals surface area contributed by atoms with Gasteiger partial charge in [-0.2, -0.15) is 0 Å². The number of hydrogen-bond donors (Lipinski definition) is 2. The van der Waals surface area contributed by atoms with E-state index in [2.05, 4.69) is 34.6 Å². The molecule has 0 amide bonds. The zero-order chi connectivity index (χ0) is 13.9. The van der Waals surface area contributed by atoms with E-state index in [-0.39, 0.29) is 6.10 Å². The second kappa shape index (κ2) is 5.29. The van der Waals surface area contributed by atoms with Gasteiger partial charge in [-0.3, -0.25) is 0 Å². The zero-order valence-corrected chi connectivity index (χ0v) is 11.7. The molecular formula is C17H18N2O. The normalized spacial score (nSPS) is 10.9. The first-order chi connectivity index (χ1) is 9.72. The lowest BCUT2D eigenvalue weighted by molar-refractivity contribution is 0.244. The highest BCUT2D eigenvalue weighted by atomic mass is 16.5. The van der Waals surface area contributed by atoms with Gasteiger partial charge in [-0.05, 0) is 50.2 Å². The monoisotopic (exact) mass is 266 g/mol. The van der Waals surface area contributed by atoms with E-state index in [9.17, 15) is 0 Å². The van der Waals surface area contributed by atoms with Crippen LogP contribution in [0.1, 0.15) is 13.8 Å². The highest BCUT2D eigenvalue weighted by molar-refractivity contribution is 5.84. The number of hydrogen-bond acceptors (Lipinski definition) is 2. The molecule has 0 spiro atoms. The van der Waals surface area contributed by atoms with Gasteiger partial charge in [0.1, 0.15) is 5.75 Å². The molecule has 0 radical (unpaired) electrons. The van der Waals surface area contributed by atoms with Gasteiger partial charge in [-0.15, -0.1) is 0 Å². The highest BCUT2D eigenvalue weighted by Crippen LogP contribution is 2.29. The number of fused-ring (bicyclic) bond motifs is 1. The summed E-state index contributed by atoms with van der Waals surface area (Å²) < 4.78 is 5.82. The molecule has 1 heterocycles. The average Bonchev–Trinajstić information content (AvgIpc) is 2.88. The summed E-state index contributed by atoms with van der Waals surface area (Å²) in [7, 11) is 0. The minimum Gasteiger partial charge on any atom is -0.489 e. The Morgan fingerprint density at radius 3 is 2.75 bits per heavy atom. The van der Waals surface area contributed by atoms with Crippen molar-refractivity contribution in [1.82, 2.24) is 4.98 Å². The van der Waals surface area contributed by atoms with E-state index in [0.29, 0.717) is 0 Å². The molecule has 0 unspecified atom stereocenters. The fraction of sp³-hybridized carbons (Fsp3) is 0.176. The second-order valence-corrected chi connectivity index (χ2v) is 5.07. The Kier molecular flexibility index (Phi) is 3.33. The van der Waals surface area contributed by atoms with Crippen LogP contribution in [0, 0.1) is 0 Å². The fourth-order valence-electron chi connectivity index (χ4n) is 2.21. The smallest absolute Gasteiger partial charge is 0.143 e. The van der Waals surface area contributed by atoms with Crippen LogP contribution in [-0.2, 0) is 0 Å². The summed E-state index contributed by atoms with van der Waals surface area (Å²) in [6.45, 7) is 4.06. The number of benzene rings is 2. The van der Waals surface area contributed by atoms with E-state index in [0.717, 1.165) is 22.6 Å². The lowest BCUT2D eigenvalue weighted by Gasteiger charge is -2.15. The molecule has 0 fully saturated rings. The Morgan fingerprint density at radius 2 is 1.90 bits per heavy atom. The molecule has 3 rings (SSSR count). The van der Waals surface area contributed by atoms with Gasteiger partial charge >= 0.3 is 0 Å². The number of ether oxygens (including phenoxy) is 1. The summed E-state index contributed by atoms with van der Waals surface area (Å²) in [6.07, 6.45) is 2.11. The van der Waals surface area contributed by atoms with Crippen LogP contribution in [0.5, 0.6) is 5.75 Å². The molecule has 102 valence electrons. The fourth-order valence-corrected chi connectivity index (χ4v) is 2.21. The molecule has 0 saturated carbocycles. The molecule has 3 aromatic rings. The van der Waals surface area contributed by atoms with Crippen molar-refractivity contribution in [3.8, 4) is 5.75 Å². The molecule has 2 N–H and O–H groups in total. The van der Waals surface area contributed by atoms with Crippen LogP contribution in [0.2, 0.25) is 0 Å². The largest absolute Gasteiger partial charge is 0.489 e. The van der Waals surface area contributed by atoms with Crippen LogP contribution in [0.15, 0.2) is 54.7 Å². The summed E-state index contributed by atoms with van der Waals surface area (Å²) in [5, 5.41) is 4.61. The molecule has 0 aliphatic rings. The Bertz CT molecular complexity index is 716. The first-order valence-electron chi connectivity index (χ1n) is 6.82. The molecule has 3 heteroatoms. The van der Waals surface area contributed by atoms with Crippen molar-refractivity contribution in [2.45, 2.75) is 20.0 Å². The third-order valence-electron chi connectivity index (χ3n) is 3.08. The van der Waals surface area contributed by atoms with Gasteiger partial charge < -0.3 is 15.0 Å². The quantitative estimate of drug-likeness (QED) is 0.718. The standard InChI is InChI=1S/C17H18N2O/c1-12(2)20-17-6-4-3-5-16(17)19-14-7-8-15-13(11-14)9-10-18-15/h3-12,18-19H,1-2H3. The number of nitrogens with one attached hydrogen (secondary N) is 2. The minimum absolute atomic E-state index is 0.158. The molecule has 20 heavy (non-hydrogen) atoms. The van der Waals surface area contributed by atoms with Crippen molar-refractivity contribution < 1.29 is 4.74 Å². The number of aromatic nitrogens is 1. The van der Waals surface area contributed by atoms with Crippen LogP contribution in [0.25, 0.3) is 10.9 Å². The molecule has 2 aromatic carbocycles. The Morgan fingerprint density at radius 1 is 1.05 bits per heavy atom. The lowest BCUT2D eigenvalue weighted by Crippen LogP contribution is -2.07. The SMILES string of the molecule is CC(C)Oc1ccccc1Nc1ccc2[nH]ccc2c1. The number of aromatic amines is 1. The van der Waals surface area contributed by atoms with E-state index < -0.39 is 0 Å². The maximum atomic E-state index is 5.82. The van der Waals surface area contributed by atoms with E-state index in [1.165, 1.54) is 5.39 Å². The maximum Gasteiger partial charge on any atom is 0.143 e. The number of anilines is 2. The van der Waals surface area contributed by atoms with Crippen molar-refractivity contribution in [3.05, 3.63) is 54.7 Å². The van der Waals surface area contributed by atoms with Gasteiger partial charge in [-0.25, -0.2) is 0 Å². The molecule has 0 atom stereocenters. The van der Waals surface area contributed by atoms with Crippen molar-refractivity contribution in [1.29, 1.82) is 0 Å². The van der Waals surface area contributed by atoms with Crippen molar-refractivity contribution in [2.24, 2.45) is 0 Å². The number of H-pyrrole nitrogens is 1. The van der Waals surface area contributed by atoms with Crippen molar-refractivity contribution in [2.75, 3.05) is 5.32 Å². The van der Waals surface area contributed by atoms with Crippen LogP contribution in [-0.4, -0.2) is 11.1 Å². The summed E-state index contributed by atoms with van der Waals surface area (Å²) in [4.78, 5) is 3.20. The van der Waals surface area contributed by atoms with Gasteiger partial charge in [0.15, 0.2) is 0 Å². The van der Waals surface area contributed by atoms with E-state index in [1.54, 1.807) is 0 Å². The number of rotatable bonds is 4. The van der Waals surface area contributed by atoms with Gasteiger partial charge in [0.05, 0.1) is 11.8 Å². The molecule has 1 aromatic heterocycles. The minimum atomic E-state index is 0.158. The first-order valence-corrected chi connectivity index (χ1v) is 6.82.